The Morgan fingerprint density at radius 3 is 0.688 bits per heavy atom. The standard InChI is InChI=1S/4C25H29N7O4/c4*1-26-18-9-17(30-32-19(10-28-24(18)32)25(33)29-16-6-7-21(16)34-2)15-11-31(20-12-36-13-22(20)35-3)23-14(15)5-4-8-27-23/h4*4-5,8-11,16,20-22,26H,6-7,12-13H2,1-3H3,(H,29,33)/t16?,20-,21-,22-;16-,20+,21-,22+;2*16-,20-,21-,22-/m0010/s1. The number of carbonyl (C=O) groups excluding carboxylic acids is 4. The van der Waals surface area contributed by atoms with Crippen LogP contribution in [0.1, 0.15) is 117 Å². The van der Waals surface area contributed by atoms with Crippen molar-refractivity contribution in [3.63, 3.8) is 0 Å². The van der Waals surface area contributed by atoms with Gasteiger partial charge in [0.2, 0.25) is 0 Å². The maximum atomic E-state index is 13.2. The van der Waals surface area contributed by atoms with Gasteiger partial charge in [-0.3, -0.25) is 19.2 Å². The first-order valence-electron chi connectivity index (χ1n) is 48.4. The van der Waals surface area contributed by atoms with Gasteiger partial charge in [-0.2, -0.15) is 20.4 Å². The minimum absolute atomic E-state index is 0.000516. The minimum Gasteiger partial charge on any atom is -0.385 e. The van der Waals surface area contributed by atoms with Crippen molar-refractivity contribution in [3.05, 3.63) is 170 Å². The molecule has 0 bridgehead atoms. The van der Waals surface area contributed by atoms with Crippen molar-refractivity contribution in [1.82, 2.24) is 118 Å². The maximum Gasteiger partial charge on any atom is 0.271 e. The number of imidazole rings is 4. The molecule has 8 N–H and O–H groups in total. The van der Waals surface area contributed by atoms with E-state index in [-0.39, 0.29) is 121 Å². The topological polar surface area (TPSA) is 467 Å². The highest BCUT2D eigenvalue weighted by molar-refractivity contribution is 6.01. The number of hydrogen-bond acceptors (Lipinski definition) is 32. The lowest BCUT2D eigenvalue weighted by Crippen LogP contribution is -2.51. The Labute approximate surface area is 825 Å². The number of amides is 4. The van der Waals surface area contributed by atoms with E-state index >= 15 is 0 Å². The van der Waals surface area contributed by atoms with Crippen LogP contribution in [0.25, 0.3) is 112 Å². The predicted octanol–water partition coefficient (Wildman–Crippen LogP) is 9.12. The summed E-state index contributed by atoms with van der Waals surface area (Å²) in [6.07, 6.45) is 28.8. The molecule has 44 heteroatoms. The van der Waals surface area contributed by atoms with Crippen molar-refractivity contribution in [1.29, 1.82) is 0 Å². The fourth-order valence-electron chi connectivity index (χ4n) is 20.6. The summed E-state index contributed by atoms with van der Waals surface area (Å²) in [4.78, 5) is 89.2. The maximum absolute atomic E-state index is 13.2. The van der Waals surface area contributed by atoms with Gasteiger partial charge in [-0.15, -0.1) is 0 Å². The highest BCUT2D eigenvalue weighted by atomic mass is 16.6. The van der Waals surface area contributed by atoms with Gasteiger partial charge in [0.25, 0.3) is 23.6 Å². The van der Waals surface area contributed by atoms with Crippen LogP contribution in [0.2, 0.25) is 0 Å². The fourth-order valence-corrected chi connectivity index (χ4v) is 20.6. The number of pyridine rings is 4. The zero-order valence-corrected chi connectivity index (χ0v) is 81.9. The number of carbonyl (C=O) groups is 4. The summed E-state index contributed by atoms with van der Waals surface area (Å²) in [6, 6.07) is 23.5. The minimum atomic E-state index is -0.226. The van der Waals surface area contributed by atoms with Crippen LogP contribution in [0.4, 0.5) is 22.7 Å². The van der Waals surface area contributed by atoms with E-state index in [0.29, 0.717) is 121 Å². The van der Waals surface area contributed by atoms with Crippen LogP contribution in [-0.2, 0) is 56.8 Å². The molecular weight excluding hydrogens is 1850 g/mol. The monoisotopic (exact) mass is 1960 g/mol. The molecule has 4 aliphatic carbocycles. The Morgan fingerprint density at radius 2 is 0.500 bits per heavy atom. The molecule has 16 aromatic heterocycles. The number of methoxy groups -OCH3 is 8. The molecule has 0 spiro atoms. The third kappa shape index (κ3) is 17.6. The number of ether oxygens (including phenoxy) is 12. The number of aromatic nitrogens is 20. The molecule has 144 heavy (non-hydrogen) atoms. The molecule has 20 heterocycles. The Hall–Kier alpha value is -14.2. The number of hydrogen-bond donors (Lipinski definition) is 8. The summed E-state index contributed by atoms with van der Waals surface area (Å²) < 4.78 is 82.0. The Morgan fingerprint density at radius 1 is 0.285 bits per heavy atom. The van der Waals surface area contributed by atoms with Crippen LogP contribution in [-0.4, -0.2) is 331 Å². The molecule has 0 aromatic carbocycles. The molecule has 4 saturated heterocycles. The van der Waals surface area contributed by atoms with Crippen molar-refractivity contribution < 1.29 is 76.0 Å². The molecule has 4 amide bonds. The van der Waals surface area contributed by atoms with Gasteiger partial charge >= 0.3 is 0 Å². The molecule has 24 rings (SSSR count). The van der Waals surface area contributed by atoms with E-state index in [1.165, 1.54) is 0 Å². The lowest BCUT2D eigenvalue weighted by atomic mass is 9.89. The smallest absolute Gasteiger partial charge is 0.271 e. The summed E-state index contributed by atoms with van der Waals surface area (Å²) in [7, 11) is 20.8. The van der Waals surface area contributed by atoms with Crippen LogP contribution < -0.4 is 42.5 Å². The third-order valence-electron chi connectivity index (χ3n) is 29.3. The normalized spacial score (nSPS) is 23.8. The Bertz CT molecular complexity index is 6580. The van der Waals surface area contributed by atoms with Crippen LogP contribution in [0.15, 0.2) is 147 Å². The molecule has 8 fully saturated rings. The second-order valence-electron chi connectivity index (χ2n) is 36.8. The van der Waals surface area contributed by atoms with Crippen LogP contribution in [0.3, 0.4) is 0 Å². The molecule has 4 aliphatic heterocycles. The fraction of sp³-hybridized carbons (Fsp3) is 0.440. The lowest BCUT2D eigenvalue weighted by Gasteiger charge is -2.35. The van der Waals surface area contributed by atoms with Gasteiger partial charge in [0.15, 0.2) is 45.4 Å². The molecule has 16 aromatic rings. The highest BCUT2D eigenvalue weighted by Gasteiger charge is 2.42. The molecule has 4 saturated carbocycles. The number of anilines is 4. The highest BCUT2D eigenvalue weighted by Crippen LogP contribution is 2.43. The molecule has 1 unspecified atom stereocenters. The van der Waals surface area contributed by atoms with Gasteiger partial charge in [-0.05, 0) is 124 Å². The largest absolute Gasteiger partial charge is 0.385 e. The molecular formula is C100H116N28O16. The van der Waals surface area contributed by atoms with Crippen molar-refractivity contribution in [2.75, 3.05) is 159 Å². The molecule has 0 radical (unpaired) electrons. The summed E-state index contributed by atoms with van der Waals surface area (Å²) in [5.41, 5.74) is 16.6. The zero-order chi connectivity index (χ0) is 99.2. The van der Waals surface area contributed by atoms with E-state index < -0.39 is 0 Å². The average Bonchev–Trinajstić information content (AvgIpc) is 1.60. The van der Waals surface area contributed by atoms with Crippen molar-refractivity contribution in [2.24, 2.45) is 0 Å². The SMILES string of the molecule is CNc1cc(-c2cn([C@@H]3COC[C@H]3OC)c3ncccc23)nn2c(C(=O)N[C@@H]3CC[C@H]3OC)cnc12.CNc1cc(-c2cn([C@@H]3COC[C@H]3OC)c3ncccc23)nn2c(C(=O)N[C@H]3CC[C@@H]3OC)cnc12.CNc1cc(-c2cn([C@H]3COC[C@@H]3OC)c3ncccc23)nn2c(C(=O)NC3CC[C@@H]3OC)cnc12.CNc1cc(-c2cn([C@H]3COC[C@@H]3OC)c3ncccc23)nn2c(C(=O)N[C@H]3CC[C@@H]3OC)cnc12. The first-order chi connectivity index (χ1) is 70.5. The molecule has 16 atom stereocenters. The molecule has 752 valence electrons. The van der Waals surface area contributed by atoms with E-state index in [1.807, 2.05) is 126 Å². The summed E-state index contributed by atoms with van der Waals surface area (Å²) in [5.74, 6) is -0.903. The third-order valence-corrected chi connectivity index (χ3v) is 29.3. The number of nitrogens with one attached hydrogen (secondary N) is 8. The quantitative estimate of drug-likeness (QED) is 0.0226. The number of fused-ring (bicyclic) bond motifs is 8. The number of rotatable bonds is 28. The molecule has 8 aliphatic rings. The predicted molar refractivity (Wildman–Crippen MR) is 533 cm³/mol. The number of nitrogens with zero attached hydrogens (tertiary/aromatic N) is 20. The van der Waals surface area contributed by atoms with Gasteiger partial charge in [-0.25, -0.2) is 57.9 Å². The van der Waals surface area contributed by atoms with Crippen LogP contribution >= 0.6 is 0 Å². The summed E-state index contributed by atoms with van der Waals surface area (Å²) >= 11 is 0. The van der Waals surface area contributed by atoms with Gasteiger partial charge in [-0.1, -0.05) is 0 Å². The summed E-state index contributed by atoms with van der Waals surface area (Å²) in [5, 5.41) is 48.4. The van der Waals surface area contributed by atoms with Gasteiger partial charge in [0.1, 0.15) is 47.0 Å². The first-order valence-corrected chi connectivity index (χ1v) is 48.4. The van der Waals surface area contributed by atoms with Crippen molar-refractivity contribution in [2.45, 2.75) is 149 Å². The van der Waals surface area contributed by atoms with Crippen LogP contribution in [0, 0.1) is 0 Å². The van der Waals surface area contributed by atoms with E-state index in [2.05, 4.69) is 101 Å². The van der Waals surface area contributed by atoms with Gasteiger partial charge in [0.05, 0.1) is 196 Å². The van der Waals surface area contributed by atoms with Gasteiger partial charge in [0, 0.05) is 178 Å². The van der Waals surface area contributed by atoms with Gasteiger partial charge < -0.3 is 118 Å². The molecule has 44 nitrogen and oxygen atoms in total. The van der Waals surface area contributed by atoms with E-state index in [1.54, 1.807) is 125 Å². The zero-order valence-electron chi connectivity index (χ0n) is 81.9. The van der Waals surface area contributed by atoms with Crippen LogP contribution in [0.5, 0.6) is 0 Å². The Kier molecular flexibility index (Phi) is 27.5. The van der Waals surface area contributed by atoms with Crippen molar-refractivity contribution in [3.8, 4) is 45.0 Å². The van der Waals surface area contributed by atoms with E-state index in [4.69, 9.17) is 77.2 Å². The lowest BCUT2D eigenvalue weighted by molar-refractivity contribution is 0.00717. The summed E-state index contributed by atoms with van der Waals surface area (Å²) in [6.45, 7) is 4.32. The Balaban J connectivity index is 0.000000113. The average molecular weight is 1970 g/mol. The first kappa shape index (κ1) is 96.0. The second kappa shape index (κ2) is 41.3. The second-order valence-corrected chi connectivity index (χ2v) is 36.8. The van der Waals surface area contributed by atoms with Crippen molar-refractivity contribution >= 4 is 113 Å². The van der Waals surface area contributed by atoms with E-state index in [9.17, 15) is 19.2 Å². The van der Waals surface area contributed by atoms with E-state index in [0.717, 1.165) is 141 Å².